The third-order valence-corrected chi connectivity index (χ3v) is 2.84. The minimum absolute atomic E-state index is 0.130. The highest BCUT2D eigenvalue weighted by Crippen LogP contribution is 2.32. The van der Waals surface area contributed by atoms with Crippen LogP contribution >= 0.6 is 11.6 Å². The summed E-state index contributed by atoms with van der Waals surface area (Å²) in [5.41, 5.74) is 6.16. The number of nitrogens with zero attached hydrogens (tertiary/aromatic N) is 1. The van der Waals surface area contributed by atoms with Crippen LogP contribution in [-0.2, 0) is 4.74 Å². The van der Waals surface area contributed by atoms with Crippen LogP contribution in [-0.4, -0.2) is 17.6 Å². The van der Waals surface area contributed by atoms with Crippen molar-refractivity contribution in [2.24, 2.45) is 5.92 Å². The number of hydrogen-bond acceptors (Lipinski definition) is 4. The van der Waals surface area contributed by atoms with Gasteiger partial charge in [0.25, 0.3) is 0 Å². The Morgan fingerprint density at radius 3 is 3.06 bits per heavy atom. The second-order valence-corrected chi connectivity index (χ2v) is 4.33. The minimum atomic E-state index is -0.453. The molecule has 0 spiro atoms. The van der Waals surface area contributed by atoms with Crippen molar-refractivity contribution in [2.75, 3.05) is 12.3 Å². The predicted octanol–water partition coefficient (Wildman–Crippen LogP) is 2.27. The quantitative estimate of drug-likeness (QED) is 0.648. The topological polar surface area (TPSA) is 65.2 Å². The zero-order valence-corrected chi connectivity index (χ0v) is 9.54. The first kappa shape index (κ1) is 11.2. The average Bonchev–Trinajstić information content (AvgIpc) is 3.05. The standard InChI is InChI=1S/C11H13ClN2O2/c12-10-9(5-8(13)6-14-10)11(15)16-4-3-7-1-2-7/h5-7H,1-4,13H2. The second kappa shape index (κ2) is 4.70. The van der Waals surface area contributed by atoms with E-state index in [0.29, 0.717) is 12.3 Å². The Morgan fingerprint density at radius 2 is 2.38 bits per heavy atom. The lowest BCUT2D eigenvalue weighted by Crippen LogP contribution is -2.09. The molecule has 1 saturated carbocycles. The number of halogens is 1. The van der Waals surface area contributed by atoms with Crippen LogP contribution in [0.1, 0.15) is 29.6 Å². The molecule has 1 aliphatic rings. The SMILES string of the molecule is Nc1cnc(Cl)c(C(=O)OCCC2CC2)c1. The fraction of sp³-hybridized carbons (Fsp3) is 0.455. The molecule has 0 bridgehead atoms. The van der Waals surface area contributed by atoms with Gasteiger partial charge < -0.3 is 10.5 Å². The van der Waals surface area contributed by atoms with Crippen LogP contribution < -0.4 is 5.73 Å². The molecule has 1 aliphatic carbocycles. The maximum atomic E-state index is 11.6. The maximum absolute atomic E-state index is 11.6. The van der Waals surface area contributed by atoms with Gasteiger partial charge in [-0.2, -0.15) is 0 Å². The van der Waals surface area contributed by atoms with E-state index in [1.54, 1.807) is 0 Å². The summed E-state index contributed by atoms with van der Waals surface area (Å²) >= 11 is 5.78. The number of rotatable bonds is 4. The molecule has 5 heteroatoms. The first-order valence-corrected chi connectivity index (χ1v) is 5.63. The van der Waals surface area contributed by atoms with Crippen LogP contribution in [0.25, 0.3) is 0 Å². The smallest absolute Gasteiger partial charge is 0.341 e. The number of pyridine rings is 1. The van der Waals surface area contributed by atoms with Gasteiger partial charge in [0.15, 0.2) is 0 Å². The molecule has 0 saturated heterocycles. The Hall–Kier alpha value is -1.29. The lowest BCUT2D eigenvalue weighted by Gasteiger charge is -2.05. The van der Waals surface area contributed by atoms with Crippen LogP contribution in [0.15, 0.2) is 12.3 Å². The fourth-order valence-electron chi connectivity index (χ4n) is 1.41. The van der Waals surface area contributed by atoms with E-state index >= 15 is 0 Å². The summed E-state index contributed by atoms with van der Waals surface area (Å²) in [4.78, 5) is 15.4. The zero-order valence-electron chi connectivity index (χ0n) is 8.78. The molecular weight excluding hydrogens is 228 g/mol. The van der Waals surface area contributed by atoms with Gasteiger partial charge >= 0.3 is 5.97 Å². The largest absolute Gasteiger partial charge is 0.462 e. The van der Waals surface area contributed by atoms with Crippen LogP contribution in [0.2, 0.25) is 5.15 Å². The van der Waals surface area contributed by atoms with Crippen LogP contribution in [0.3, 0.4) is 0 Å². The first-order chi connectivity index (χ1) is 7.66. The predicted molar refractivity (Wildman–Crippen MR) is 61.3 cm³/mol. The number of anilines is 1. The van der Waals surface area contributed by atoms with Crippen molar-refractivity contribution in [1.82, 2.24) is 4.98 Å². The minimum Gasteiger partial charge on any atom is -0.462 e. The molecule has 1 aromatic heterocycles. The van der Waals surface area contributed by atoms with E-state index in [9.17, 15) is 4.79 Å². The third-order valence-electron chi connectivity index (χ3n) is 2.54. The summed E-state index contributed by atoms with van der Waals surface area (Å²) in [6, 6.07) is 1.48. The Balaban J connectivity index is 1.93. The van der Waals surface area contributed by atoms with E-state index in [-0.39, 0.29) is 10.7 Å². The highest BCUT2D eigenvalue weighted by atomic mass is 35.5. The van der Waals surface area contributed by atoms with E-state index in [0.717, 1.165) is 12.3 Å². The number of esters is 1. The second-order valence-electron chi connectivity index (χ2n) is 3.97. The Kier molecular flexibility index (Phi) is 3.29. The van der Waals surface area contributed by atoms with Gasteiger partial charge in [-0.05, 0) is 18.4 Å². The Morgan fingerprint density at radius 1 is 1.62 bits per heavy atom. The monoisotopic (exact) mass is 240 g/mol. The number of nitrogen functional groups attached to an aromatic ring is 1. The molecular formula is C11H13ClN2O2. The van der Waals surface area contributed by atoms with Crippen molar-refractivity contribution in [3.05, 3.63) is 23.0 Å². The van der Waals surface area contributed by atoms with Crippen LogP contribution in [0.4, 0.5) is 5.69 Å². The van der Waals surface area contributed by atoms with E-state index in [4.69, 9.17) is 22.1 Å². The molecule has 0 radical (unpaired) electrons. The van der Waals surface area contributed by atoms with Gasteiger partial charge in [-0.15, -0.1) is 0 Å². The number of nitrogens with two attached hydrogens (primary N) is 1. The van der Waals surface area contributed by atoms with Crippen molar-refractivity contribution < 1.29 is 9.53 Å². The molecule has 2 N–H and O–H groups in total. The summed E-state index contributed by atoms with van der Waals surface area (Å²) in [5.74, 6) is 0.285. The molecule has 0 aromatic carbocycles. The van der Waals surface area contributed by atoms with E-state index in [1.807, 2.05) is 0 Å². The van der Waals surface area contributed by atoms with Crippen molar-refractivity contribution in [1.29, 1.82) is 0 Å². The number of ether oxygens (including phenoxy) is 1. The molecule has 0 amide bonds. The Labute approximate surface area is 98.8 Å². The van der Waals surface area contributed by atoms with Gasteiger partial charge in [0.1, 0.15) is 5.15 Å². The normalized spacial score (nSPS) is 14.8. The Bertz CT molecular complexity index is 405. The van der Waals surface area contributed by atoms with Crippen molar-refractivity contribution >= 4 is 23.3 Å². The van der Waals surface area contributed by atoms with Gasteiger partial charge in [-0.1, -0.05) is 24.4 Å². The van der Waals surface area contributed by atoms with Crippen molar-refractivity contribution in [3.63, 3.8) is 0 Å². The molecule has 0 unspecified atom stereocenters. The molecule has 4 nitrogen and oxygen atoms in total. The van der Waals surface area contributed by atoms with Crippen LogP contribution in [0, 0.1) is 5.92 Å². The summed E-state index contributed by atoms with van der Waals surface area (Å²) in [5, 5.41) is 0.130. The molecule has 0 aliphatic heterocycles. The highest BCUT2D eigenvalue weighted by molar-refractivity contribution is 6.32. The molecule has 2 rings (SSSR count). The first-order valence-electron chi connectivity index (χ1n) is 5.25. The van der Waals surface area contributed by atoms with Crippen molar-refractivity contribution in [3.8, 4) is 0 Å². The van der Waals surface area contributed by atoms with E-state index < -0.39 is 5.97 Å². The van der Waals surface area contributed by atoms with Gasteiger partial charge in [0.2, 0.25) is 0 Å². The fourth-order valence-corrected chi connectivity index (χ4v) is 1.59. The third kappa shape index (κ3) is 2.85. The van der Waals surface area contributed by atoms with Gasteiger partial charge in [0.05, 0.1) is 24.1 Å². The molecule has 1 fully saturated rings. The average molecular weight is 241 g/mol. The molecule has 86 valence electrons. The summed E-state index contributed by atoms with van der Waals surface area (Å²) in [6.45, 7) is 0.439. The molecule has 1 heterocycles. The number of hydrogen-bond donors (Lipinski definition) is 1. The number of carbonyl (C=O) groups is 1. The summed E-state index contributed by atoms with van der Waals surface area (Å²) in [7, 11) is 0. The number of aromatic nitrogens is 1. The molecule has 1 aromatic rings. The van der Waals surface area contributed by atoms with Gasteiger partial charge in [-0.25, -0.2) is 9.78 Å². The van der Waals surface area contributed by atoms with Crippen LogP contribution in [0.5, 0.6) is 0 Å². The highest BCUT2D eigenvalue weighted by Gasteiger charge is 2.21. The van der Waals surface area contributed by atoms with E-state index in [2.05, 4.69) is 4.98 Å². The lowest BCUT2D eigenvalue weighted by molar-refractivity contribution is 0.0494. The summed E-state index contributed by atoms with van der Waals surface area (Å²) in [6.07, 6.45) is 4.83. The maximum Gasteiger partial charge on any atom is 0.341 e. The van der Waals surface area contributed by atoms with Crippen molar-refractivity contribution in [2.45, 2.75) is 19.3 Å². The number of carbonyl (C=O) groups excluding carboxylic acids is 1. The van der Waals surface area contributed by atoms with E-state index in [1.165, 1.54) is 25.1 Å². The van der Waals surface area contributed by atoms with Gasteiger partial charge in [-0.3, -0.25) is 0 Å². The zero-order chi connectivity index (χ0) is 11.5. The molecule has 16 heavy (non-hydrogen) atoms. The lowest BCUT2D eigenvalue weighted by atomic mass is 10.2. The molecule has 0 atom stereocenters. The summed E-state index contributed by atoms with van der Waals surface area (Å²) < 4.78 is 5.10. The van der Waals surface area contributed by atoms with Gasteiger partial charge in [0, 0.05) is 0 Å².